The van der Waals surface area contributed by atoms with Gasteiger partial charge in [-0.05, 0) is 54.8 Å². The fourth-order valence-corrected chi connectivity index (χ4v) is 4.47. The minimum absolute atomic E-state index is 0.00468. The van der Waals surface area contributed by atoms with Gasteiger partial charge in [0.2, 0.25) is 11.8 Å². The molecule has 3 rings (SSSR count). The van der Waals surface area contributed by atoms with E-state index < -0.39 is 6.04 Å². The van der Waals surface area contributed by atoms with Gasteiger partial charge in [-0.2, -0.15) is 0 Å². The molecule has 1 atom stereocenters. The molecule has 3 aromatic rings. The van der Waals surface area contributed by atoms with E-state index in [2.05, 4.69) is 21.2 Å². The predicted molar refractivity (Wildman–Crippen MR) is 142 cm³/mol. The van der Waals surface area contributed by atoms with E-state index in [1.54, 1.807) is 23.1 Å². The first kappa shape index (κ1) is 26.3. The highest BCUT2D eigenvalue weighted by molar-refractivity contribution is 9.10. The molecule has 7 heteroatoms. The van der Waals surface area contributed by atoms with Crippen LogP contribution in [0.4, 0.5) is 0 Å². The number of carbonyl (C=O) groups excluding carboxylic acids is 2. The van der Waals surface area contributed by atoms with E-state index in [-0.39, 0.29) is 30.8 Å². The van der Waals surface area contributed by atoms with Gasteiger partial charge in [-0.25, -0.2) is 0 Å². The van der Waals surface area contributed by atoms with Crippen LogP contribution < -0.4 is 5.32 Å². The van der Waals surface area contributed by atoms with E-state index in [1.807, 2.05) is 68.4 Å². The summed E-state index contributed by atoms with van der Waals surface area (Å²) in [6.45, 7) is 4.08. The Morgan fingerprint density at radius 1 is 0.882 bits per heavy atom. The Labute approximate surface area is 219 Å². The number of nitrogens with zero attached hydrogens (tertiary/aromatic N) is 1. The molecule has 178 valence electrons. The first-order chi connectivity index (χ1) is 16.2. The quantitative estimate of drug-likeness (QED) is 0.326. The second-order valence-electron chi connectivity index (χ2n) is 8.39. The largest absolute Gasteiger partial charge is 0.352 e. The number of amides is 2. The van der Waals surface area contributed by atoms with Gasteiger partial charge in [0.1, 0.15) is 6.04 Å². The maximum Gasteiger partial charge on any atom is 0.243 e. The van der Waals surface area contributed by atoms with Crippen LogP contribution in [0.2, 0.25) is 10.0 Å². The lowest BCUT2D eigenvalue weighted by Crippen LogP contribution is -2.52. The molecule has 34 heavy (non-hydrogen) atoms. The van der Waals surface area contributed by atoms with Gasteiger partial charge in [0.15, 0.2) is 0 Å². The summed E-state index contributed by atoms with van der Waals surface area (Å²) in [6, 6.07) is 21.8. The Morgan fingerprint density at radius 2 is 1.50 bits per heavy atom. The predicted octanol–water partition coefficient (Wildman–Crippen LogP) is 6.46. The normalized spacial score (nSPS) is 11.8. The highest BCUT2D eigenvalue weighted by Crippen LogP contribution is 2.26. The van der Waals surface area contributed by atoms with Gasteiger partial charge in [-0.1, -0.05) is 87.7 Å². The molecular weight excluding hydrogens is 535 g/mol. The molecular formula is C27H27BrCl2N2O2. The lowest BCUT2D eigenvalue weighted by molar-refractivity contribution is -0.141. The zero-order chi connectivity index (χ0) is 24.7. The zero-order valence-corrected chi connectivity index (χ0v) is 22.2. The van der Waals surface area contributed by atoms with Crippen molar-refractivity contribution in [2.45, 2.75) is 45.3 Å². The van der Waals surface area contributed by atoms with Crippen molar-refractivity contribution < 1.29 is 9.59 Å². The third kappa shape index (κ3) is 7.33. The van der Waals surface area contributed by atoms with Crippen molar-refractivity contribution in [1.29, 1.82) is 0 Å². The van der Waals surface area contributed by atoms with Crippen LogP contribution in [0.5, 0.6) is 0 Å². The fraction of sp³-hybridized carbons (Fsp3) is 0.259. The molecule has 0 fully saturated rings. The molecule has 1 N–H and O–H groups in total. The Hall–Kier alpha value is -2.34. The maximum absolute atomic E-state index is 13.7. The van der Waals surface area contributed by atoms with Gasteiger partial charge in [0, 0.05) is 33.5 Å². The van der Waals surface area contributed by atoms with Crippen molar-refractivity contribution in [2.24, 2.45) is 0 Å². The topological polar surface area (TPSA) is 49.4 Å². The Morgan fingerprint density at radius 3 is 2.09 bits per heavy atom. The standard InChI is InChI=1S/C27H27BrCl2N2O2/c1-18(2)31-27(34)25(15-19-7-4-3-5-8-19)32(17-20-11-13-21(28)14-12-20)26(33)16-22-23(29)9-6-10-24(22)30/h3-14,18,25H,15-17H2,1-2H3,(H,31,34). The van der Waals surface area contributed by atoms with Crippen molar-refractivity contribution in [2.75, 3.05) is 0 Å². The van der Waals surface area contributed by atoms with Crippen LogP contribution in [0.25, 0.3) is 0 Å². The van der Waals surface area contributed by atoms with Gasteiger partial charge in [-0.3, -0.25) is 9.59 Å². The summed E-state index contributed by atoms with van der Waals surface area (Å²) in [5.74, 6) is -0.424. The number of benzene rings is 3. The molecule has 0 heterocycles. The second kappa shape index (κ2) is 12.4. The SMILES string of the molecule is CC(C)NC(=O)C(Cc1ccccc1)N(Cc1ccc(Br)cc1)C(=O)Cc1c(Cl)cccc1Cl. The van der Waals surface area contributed by atoms with Crippen LogP contribution in [0.15, 0.2) is 77.3 Å². The van der Waals surface area contributed by atoms with E-state index in [9.17, 15) is 9.59 Å². The minimum Gasteiger partial charge on any atom is -0.352 e. The highest BCUT2D eigenvalue weighted by Gasteiger charge is 2.31. The Balaban J connectivity index is 2.00. The number of hydrogen-bond acceptors (Lipinski definition) is 2. The van der Waals surface area contributed by atoms with Crippen molar-refractivity contribution in [3.63, 3.8) is 0 Å². The van der Waals surface area contributed by atoms with Crippen LogP contribution >= 0.6 is 39.1 Å². The minimum atomic E-state index is -0.706. The van der Waals surface area contributed by atoms with Crippen molar-refractivity contribution in [1.82, 2.24) is 10.2 Å². The monoisotopic (exact) mass is 560 g/mol. The van der Waals surface area contributed by atoms with Crippen LogP contribution in [0, 0.1) is 0 Å². The number of hydrogen-bond donors (Lipinski definition) is 1. The summed E-state index contributed by atoms with van der Waals surface area (Å²) >= 11 is 16.2. The molecule has 3 aromatic carbocycles. The zero-order valence-electron chi connectivity index (χ0n) is 19.1. The second-order valence-corrected chi connectivity index (χ2v) is 10.1. The third-order valence-electron chi connectivity index (χ3n) is 5.36. The maximum atomic E-state index is 13.7. The molecule has 4 nitrogen and oxygen atoms in total. The van der Waals surface area contributed by atoms with Gasteiger partial charge in [-0.15, -0.1) is 0 Å². The molecule has 0 aliphatic rings. The van der Waals surface area contributed by atoms with Crippen LogP contribution in [-0.4, -0.2) is 28.8 Å². The molecule has 1 unspecified atom stereocenters. The Kier molecular flexibility index (Phi) is 9.57. The Bertz CT molecular complexity index is 1100. The molecule has 0 bridgehead atoms. The van der Waals surface area contributed by atoms with Crippen LogP contribution in [-0.2, 0) is 29.0 Å². The molecule has 0 spiro atoms. The molecule has 0 saturated heterocycles. The lowest BCUT2D eigenvalue weighted by atomic mass is 10.0. The molecule has 0 aliphatic carbocycles. The van der Waals surface area contributed by atoms with Crippen molar-refractivity contribution >= 4 is 50.9 Å². The summed E-state index contributed by atoms with van der Waals surface area (Å²) in [7, 11) is 0. The third-order valence-corrected chi connectivity index (χ3v) is 6.59. The lowest BCUT2D eigenvalue weighted by Gasteiger charge is -2.32. The van der Waals surface area contributed by atoms with E-state index in [0.29, 0.717) is 22.0 Å². The number of carbonyl (C=O) groups is 2. The van der Waals surface area contributed by atoms with Crippen LogP contribution in [0.3, 0.4) is 0 Å². The summed E-state index contributed by atoms with van der Waals surface area (Å²) < 4.78 is 0.940. The molecule has 0 aromatic heterocycles. The van der Waals surface area contributed by atoms with E-state index in [0.717, 1.165) is 15.6 Å². The number of halogens is 3. The summed E-state index contributed by atoms with van der Waals surface area (Å²) in [5, 5.41) is 3.84. The molecule has 2 amide bonds. The van der Waals surface area contributed by atoms with Gasteiger partial charge < -0.3 is 10.2 Å². The number of nitrogens with one attached hydrogen (secondary N) is 1. The van der Waals surface area contributed by atoms with Crippen molar-refractivity contribution in [3.8, 4) is 0 Å². The summed E-state index contributed by atoms with van der Waals surface area (Å²) in [4.78, 5) is 28.7. The fourth-order valence-electron chi connectivity index (χ4n) is 3.68. The smallest absolute Gasteiger partial charge is 0.243 e. The van der Waals surface area contributed by atoms with Gasteiger partial charge in [0.25, 0.3) is 0 Å². The summed E-state index contributed by atoms with van der Waals surface area (Å²) in [5.41, 5.74) is 2.44. The molecule has 0 radical (unpaired) electrons. The first-order valence-electron chi connectivity index (χ1n) is 11.1. The highest BCUT2D eigenvalue weighted by atomic mass is 79.9. The number of rotatable bonds is 9. The van der Waals surface area contributed by atoms with Crippen molar-refractivity contribution in [3.05, 3.63) is 104 Å². The first-order valence-corrected chi connectivity index (χ1v) is 12.6. The average Bonchev–Trinajstić information content (AvgIpc) is 2.80. The van der Waals surface area contributed by atoms with E-state index >= 15 is 0 Å². The average molecular weight is 562 g/mol. The molecule has 0 aliphatic heterocycles. The molecule has 0 saturated carbocycles. The van der Waals surface area contributed by atoms with Crippen LogP contribution in [0.1, 0.15) is 30.5 Å². The van der Waals surface area contributed by atoms with E-state index in [4.69, 9.17) is 23.2 Å². The van der Waals surface area contributed by atoms with Gasteiger partial charge in [0.05, 0.1) is 6.42 Å². The summed E-state index contributed by atoms with van der Waals surface area (Å²) in [6.07, 6.45) is 0.382. The van der Waals surface area contributed by atoms with Gasteiger partial charge >= 0.3 is 0 Å². The van der Waals surface area contributed by atoms with E-state index in [1.165, 1.54) is 0 Å².